The Morgan fingerprint density at radius 1 is 1.64 bits per heavy atom. The first-order valence-corrected chi connectivity index (χ1v) is 5.01. The van der Waals surface area contributed by atoms with Crippen LogP contribution in [0.2, 0.25) is 5.02 Å². The smallest absolute Gasteiger partial charge is 0.327 e. The van der Waals surface area contributed by atoms with Crippen LogP contribution in [-0.4, -0.2) is 13.1 Å². The number of benzene rings is 1. The molecule has 0 aliphatic rings. The Labute approximate surface area is 95.3 Å². The van der Waals surface area contributed by atoms with E-state index in [1.807, 2.05) is 0 Å². The number of ether oxygens (including phenoxy) is 1. The highest BCUT2D eigenvalue weighted by Gasteiger charge is 2.18. The first-order valence-electron chi connectivity index (χ1n) is 3.84. The molecule has 0 spiro atoms. The van der Waals surface area contributed by atoms with Crippen molar-refractivity contribution in [2.75, 3.05) is 7.11 Å². The number of carbonyl (C=O) groups is 1. The number of rotatable bonds is 2. The van der Waals surface area contributed by atoms with Crippen LogP contribution < -0.4 is 5.73 Å². The largest absolute Gasteiger partial charge is 0.468 e. The van der Waals surface area contributed by atoms with Gasteiger partial charge in [0.2, 0.25) is 0 Å². The maximum Gasteiger partial charge on any atom is 0.327 e. The Hall–Kier alpha value is -0.580. The van der Waals surface area contributed by atoms with Crippen LogP contribution in [0.4, 0.5) is 0 Å². The van der Waals surface area contributed by atoms with Crippen molar-refractivity contribution >= 4 is 33.5 Å². The van der Waals surface area contributed by atoms with Gasteiger partial charge in [-0.1, -0.05) is 27.5 Å². The molecule has 2 N–H and O–H groups in total. The number of esters is 1. The molecule has 5 heteroatoms. The van der Waals surface area contributed by atoms with E-state index in [-0.39, 0.29) is 0 Å². The molecule has 1 aromatic carbocycles. The van der Waals surface area contributed by atoms with Crippen LogP contribution in [0.3, 0.4) is 0 Å². The fraction of sp³-hybridized carbons (Fsp3) is 0.222. The Bertz CT molecular complexity index is 357. The Kier molecular flexibility index (Phi) is 3.92. The van der Waals surface area contributed by atoms with Gasteiger partial charge in [0.1, 0.15) is 6.04 Å². The molecule has 0 radical (unpaired) electrons. The van der Waals surface area contributed by atoms with Gasteiger partial charge in [0.25, 0.3) is 0 Å². The molecule has 0 saturated heterocycles. The summed E-state index contributed by atoms with van der Waals surface area (Å²) in [4.78, 5) is 11.2. The van der Waals surface area contributed by atoms with Gasteiger partial charge in [-0.15, -0.1) is 0 Å². The standard InChI is InChI=1S/C9H9BrClNO2/c1-14-9(13)8(12)6-4-5(11)2-3-7(6)10/h2-4,8H,12H2,1H3/t8-/m1/s1. The summed E-state index contributed by atoms with van der Waals surface area (Å²) in [5.41, 5.74) is 6.27. The van der Waals surface area contributed by atoms with E-state index >= 15 is 0 Å². The number of nitrogens with two attached hydrogens (primary N) is 1. The van der Waals surface area contributed by atoms with Gasteiger partial charge in [-0.2, -0.15) is 0 Å². The Balaban J connectivity index is 3.05. The highest BCUT2D eigenvalue weighted by Crippen LogP contribution is 2.26. The molecule has 0 fully saturated rings. The summed E-state index contributed by atoms with van der Waals surface area (Å²) in [6.45, 7) is 0. The molecular formula is C9H9BrClNO2. The quantitative estimate of drug-likeness (QED) is 0.844. The van der Waals surface area contributed by atoms with Crippen molar-refractivity contribution in [3.63, 3.8) is 0 Å². The number of hydrogen-bond donors (Lipinski definition) is 1. The van der Waals surface area contributed by atoms with Crippen LogP contribution in [0.25, 0.3) is 0 Å². The van der Waals surface area contributed by atoms with Gasteiger partial charge in [-0.05, 0) is 23.8 Å². The number of halogens is 2. The van der Waals surface area contributed by atoms with Crippen LogP contribution >= 0.6 is 27.5 Å². The maximum atomic E-state index is 11.2. The van der Waals surface area contributed by atoms with E-state index < -0.39 is 12.0 Å². The fourth-order valence-electron chi connectivity index (χ4n) is 1.01. The van der Waals surface area contributed by atoms with Crippen molar-refractivity contribution in [1.29, 1.82) is 0 Å². The summed E-state index contributed by atoms with van der Waals surface area (Å²) in [5, 5.41) is 0.530. The molecule has 0 aliphatic heterocycles. The molecule has 0 aliphatic carbocycles. The molecule has 1 aromatic rings. The Morgan fingerprint density at radius 3 is 2.86 bits per heavy atom. The molecule has 0 saturated carbocycles. The highest BCUT2D eigenvalue weighted by atomic mass is 79.9. The zero-order chi connectivity index (χ0) is 10.7. The Morgan fingerprint density at radius 2 is 2.29 bits per heavy atom. The van der Waals surface area contributed by atoms with Gasteiger partial charge in [0.15, 0.2) is 0 Å². The average molecular weight is 279 g/mol. The summed E-state index contributed by atoms with van der Waals surface area (Å²) in [5.74, 6) is -0.493. The van der Waals surface area contributed by atoms with Crippen LogP contribution in [0.5, 0.6) is 0 Å². The minimum absolute atomic E-state index is 0.493. The fourth-order valence-corrected chi connectivity index (χ4v) is 1.68. The minimum Gasteiger partial charge on any atom is -0.468 e. The second-order valence-electron chi connectivity index (χ2n) is 2.67. The molecule has 0 amide bonds. The first kappa shape index (κ1) is 11.5. The second-order valence-corrected chi connectivity index (χ2v) is 3.96. The van der Waals surface area contributed by atoms with Gasteiger partial charge in [0.05, 0.1) is 7.11 Å². The number of hydrogen-bond acceptors (Lipinski definition) is 3. The average Bonchev–Trinajstić information content (AvgIpc) is 2.19. The molecule has 0 aromatic heterocycles. The van der Waals surface area contributed by atoms with E-state index in [0.717, 1.165) is 4.47 Å². The maximum absolute atomic E-state index is 11.2. The zero-order valence-electron chi connectivity index (χ0n) is 7.46. The zero-order valence-corrected chi connectivity index (χ0v) is 9.80. The first-order chi connectivity index (χ1) is 6.56. The lowest BCUT2D eigenvalue weighted by Gasteiger charge is -2.11. The van der Waals surface area contributed by atoms with E-state index in [1.54, 1.807) is 18.2 Å². The molecule has 1 atom stereocenters. The predicted octanol–water partition coefficient (Wildman–Crippen LogP) is 2.28. The summed E-state index contributed by atoms with van der Waals surface area (Å²) in [7, 11) is 1.29. The topological polar surface area (TPSA) is 52.3 Å². The van der Waals surface area contributed by atoms with Gasteiger partial charge >= 0.3 is 5.97 Å². The molecule has 0 heterocycles. The van der Waals surface area contributed by atoms with Gasteiger partial charge in [0, 0.05) is 9.50 Å². The van der Waals surface area contributed by atoms with Gasteiger partial charge in [-0.25, -0.2) is 0 Å². The van der Waals surface area contributed by atoms with Gasteiger partial charge in [-0.3, -0.25) is 4.79 Å². The van der Waals surface area contributed by atoms with Crippen LogP contribution in [0, 0.1) is 0 Å². The van der Waals surface area contributed by atoms with E-state index in [4.69, 9.17) is 17.3 Å². The third-order valence-electron chi connectivity index (χ3n) is 1.75. The lowest BCUT2D eigenvalue weighted by atomic mass is 10.1. The molecule has 14 heavy (non-hydrogen) atoms. The molecule has 3 nitrogen and oxygen atoms in total. The number of methoxy groups -OCH3 is 1. The third-order valence-corrected chi connectivity index (χ3v) is 2.71. The highest BCUT2D eigenvalue weighted by molar-refractivity contribution is 9.10. The van der Waals surface area contributed by atoms with E-state index in [0.29, 0.717) is 10.6 Å². The summed E-state index contributed by atoms with van der Waals surface area (Å²) >= 11 is 9.06. The van der Waals surface area contributed by atoms with Crippen molar-refractivity contribution in [3.05, 3.63) is 33.3 Å². The van der Waals surface area contributed by atoms with Crippen molar-refractivity contribution in [1.82, 2.24) is 0 Å². The summed E-state index contributed by atoms with van der Waals surface area (Å²) < 4.78 is 5.27. The number of carbonyl (C=O) groups excluding carboxylic acids is 1. The lowest BCUT2D eigenvalue weighted by molar-refractivity contribution is -0.142. The molecule has 1 rings (SSSR count). The minimum atomic E-state index is -0.812. The summed E-state index contributed by atoms with van der Waals surface area (Å²) in [6, 6.07) is 4.26. The van der Waals surface area contributed by atoms with Crippen LogP contribution in [0.1, 0.15) is 11.6 Å². The molecule has 0 unspecified atom stereocenters. The monoisotopic (exact) mass is 277 g/mol. The van der Waals surface area contributed by atoms with E-state index in [9.17, 15) is 4.79 Å². The lowest BCUT2D eigenvalue weighted by Crippen LogP contribution is -2.22. The summed E-state index contributed by atoms with van der Waals surface area (Å²) in [6.07, 6.45) is 0. The second kappa shape index (κ2) is 4.77. The third kappa shape index (κ3) is 2.47. The van der Waals surface area contributed by atoms with Crippen LogP contribution in [-0.2, 0) is 9.53 Å². The predicted molar refractivity (Wildman–Crippen MR) is 58.1 cm³/mol. The van der Waals surface area contributed by atoms with Gasteiger partial charge < -0.3 is 10.5 Å². The molecule has 0 bridgehead atoms. The van der Waals surface area contributed by atoms with E-state index in [2.05, 4.69) is 20.7 Å². The van der Waals surface area contributed by atoms with Crippen molar-refractivity contribution in [3.8, 4) is 0 Å². The van der Waals surface area contributed by atoms with Crippen molar-refractivity contribution in [2.24, 2.45) is 5.73 Å². The van der Waals surface area contributed by atoms with E-state index in [1.165, 1.54) is 7.11 Å². The molecular weight excluding hydrogens is 269 g/mol. The van der Waals surface area contributed by atoms with Crippen molar-refractivity contribution < 1.29 is 9.53 Å². The normalized spacial score (nSPS) is 12.3. The SMILES string of the molecule is COC(=O)[C@H](N)c1cc(Cl)ccc1Br. The molecule has 76 valence electrons. The van der Waals surface area contributed by atoms with Crippen LogP contribution in [0.15, 0.2) is 22.7 Å². The van der Waals surface area contributed by atoms with Crippen molar-refractivity contribution in [2.45, 2.75) is 6.04 Å².